The molecule has 0 atom stereocenters. The molecule has 0 fully saturated rings. The summed E-state index contributed by atoms with van der Waals surface area (Å²) >= 11 is 12.1. The van der Waals surface area contributed by atoms with E-state index >= 15 is 0 Å². The van der Waals surface area contributed by atoms with E-state index in [1.54, 1.807) is 12.1 Å². The number of carbonyl (C=O) groups is 1. The molecule has 24 heavy (non-hydrogen) atoms. The zero-order valence-corrected chi connectivity index (χ0v) is 13.4. The normalized spacial score (nSPS) is 10.5. The lowest BCUT2D eigenvalue weighted by molar-refractivity contribution is -0.137. The van der Waals surface area contributed by atoms with Crippen LogP contribution in [-0.4, -0.2) is 26.1 Å². The molecule has 7 nitrogen and oxygen atoms in total. The molecule has 0 aliphatic heterocycles. The van der Waals surface area contributed by atoms with E-state index < -0.39 is 5.97 Å². The summed E-state index contributed by atoms with van der Waals surface area (Å²) in [7, 11) is 0. The number of fused-ring (bicyclic) bond motifs is 1. The number of aliphatic carboxylic acids is 1. The summed E-state index contributed by atoms with van der Waals surface area (Å²) in [5.74, 6) is -0.518. The van der Waals surface area contributed by atoms with Crippen molar-refractivity contribution >= 4 is 45.9 Å². The van der Waals surface area contributed by atoms with Crippen LogP contribution in [0, 0.1) is 6.57 Å². The number of carboxylic acid groups (broad SMARTS) is 1. The summed E-state index contributed by atoms with van der Waals surface area (Å²) in [4.78, 5) is 14.2. The van der Waals surface area contributed by atoms with Gasteiger partial charge in [0.05, 0.1) is 17.1 Å². The first-order valence-corrected chi connectivity index (χ1v) is 7.33. The van der Waals surface area contributed by atoms with Crippen molar-refractivity contribution in [3.63, 3.8) is 0 Å². The van der Waals surface area contributed by atoms with E-state index in [2.05, 4.69) is 15.2 Å². The first-order valence-electron chi connectivity index (χ1n) is 6.57. The van der Waals surface area contributed by atoms with Gasteiger partial charge in [0.15, 0.2) is 17.0 Å². The van der Waals surface area contributed by atoms with Gasteiger partial charge in [-0.05, 0) is 30.3 Å². The van der Waals surface area contributed by atoms with Crippen LogP contribution in [0.2, 0.25) is 10.0 Å². The molecule has 0 saturated heterocycles. The Morgan fingerprint density at radius 3 is 2.83 bits per heavy atom. The highest BCUT2D eigenvalue weighted by Crippen LogP contribution is 2.37. The molecule has 1 N–H and O–H groups in total. The minimum Gasteiger partial charge on any atom is -0.480 e. The van der Waals surface area contributed by atoms with Gasteiger partial charge in [-0.3, -0.25) is 4.79 Å². The zero-order chi connectivity index (χ0) is 17.3. The first kappa shape index (κ1) is 16.1. The molecule has 1 heterocycles. The second-order valence-corrected chi connectivity index (χ2v) is 5.59. The van der Waals surface area contributed by atoms with Crippen LogP contribution >= 0.6 is 23.2 Å². The van der Waals surface area contributed by atoms with Crippen molar-refractivity contribution in [2.24, 2.45) is 0 Å². The van der Waals surface area contributed by atoms with E-state index in [0.717, 1.165) is 0 Å². The van der Waals surface area contributed by atoms with E-state index in [1.165, 1.54) is 22.9 Å². The Morgan fingerprint density at radius 1 is 1.33 bits per heavy atom. The van der Waals surface area contributed by atoms with E-state index in [4.69, 9.17) is 39.6 Å². The third-order valence-electron chi connectivity index (χ3n) is 3.08. The van der Waals surface area contributed by atoms with Gasteiger partial charge in [-0.1, -0.05) is 28.4 Å². The van der Waals surface area contributed by atoms with Crippen LogP contribution in [0.5, 0.6) is 11.5 Å². The maximum atomic E-state index is 10.9. The van der Waals surface area contributed by atoms with Gasteiger partial charge in [0.1, 0.15) is 12.3 Å². The highest BCUT2D eigenvalue weighted by Gasteiger charge is 2.16. The van der Waals surface area contributed by atoms with Crippen LogP contribution in [0.3, 0.4) is 0 Å². The minimum absolute atomic E-state index is 0.212. The number of hydrogen-bond donors (Lipinski definition) is 1. The summed E-state index contributed by atoms with van der Waals surface area (Å²) in [6.45, 7) is 6.73. The highest BCUT2D eigenvalue weighted by molar-refractivity contribution is 6.33. The van der Waals surface area contributed by atoms with Crippen molar-refractivity contribution in [3.8, 4) is 11.5 Å². The van der Waals surface area contributed by atoms with Crippen molar-refractivity contribution in [2.75, 3.05) is 0 Å². The molecule has 0 spiro atoms. The average Bonchev–Trinajstić information content (AvgIpc) is 2.92. The number of nitrogens with zero attached hydrogens (tertiary/aromatic N) is 4. The van der Waals surface area contributed by atoms with Crippen LogP contribution in [-0.2, 0) is 11.3 Å². The number of halogens is 2. The minimum atomic E-state index is -1.05. The van der Waals surface area contributed by atoms with Crippen LogP contribution in [0.25, 0.3) is 15.9 Å². The molecule has 0 aliphatic carbocycles. The Hall–Kier alpha value is -2.82. The summed E-state index contributed by atoms with van der Waals surface area (Å²) in [5, 5.41) is 17.3. The van der Waals surface area contributed by atoms with Gasteiger partial charge in [0.25, 0.3) is 0 Å². The lowest BCUT2D eigenvalue weighted by Gasteiger charge is -2.09. The molecule has 0 radical (unpaired) electrons. The fourth-order valence-electron chi connectivity index (χ4n) is 2.12. The SMILES string of the molecule is [C-]#[N+]c1cc(Cl)cc(Oc2c(Cl)ccc3c2nnn3CC(=O)O)c1. The van der Waals surface area contributed by atoms with E-state index in [1.807, 2.05) is 0 Å². The summed E-state index contributed by atoms with van der Waals surface area (Å²) in [6, 6.07) is 7.72. The molecule has 0 saturated carbocycles. The third kappa shape index (κ3) is 3.11. The molecule has 3 aromatic rings. The zero-order valence-electron chi connectivity index (χ0n) is 11.9. The van der Waals surface area contributed by atoms with Gasteiger partial charge in [-0.2, -0.15) is 0 Å². The summed E-state index contributed by atoms with van der Waals surface area (Å²) in [5.41, 5.74) is 1.09. The van der Waals surface area contributed by atoms with Crippen molar-refractivity contribution in [1.82, 2.24) is 15.0 Å². The molecule has 2 aromatic carbocycles. The fraction of sp³-hybridized carbons (Fsp3) is 0.0667. The Bertz CT molecular complexity index is 994. The topological polar surface area (TPSA) is 81.6 Å². The number of hydrogen-bond acceptors (Lipinski definition) is 4. The lowest BCUT2D eigenvalue weighted by atomic mass is 10.2. The van der Waals surface area contributed by atoms with Crippen LogP contribution in [0.1, 0.15) is 0 Å². The number of aromatic nitrogens is 3. The van der Waals surface area contributed by atoms with Crippen LogP contribution < -0.4 is 4.74 Å². The standard InChI is InChI=1S/C15H8Cl2N4O3/c1-18-9-4-8(16)5-10(6-9)24-15-11(17)2-3-12-14(15)19-20-21(12)7-13(22)23/h2-6H,7H2,(H,22,23). The molecule has 9 heteroatoms. The molecule has 3 rings (SSSR count). The molecule has 120 valence electrons. The van der Waals surface area contributed by atoms with Crippen LogP contribution in [0.4, 0.5) is 5.69 Å². The molecule has 0 aliphatic rings. The Kier molecular flexibility index (Phi) is 4.25. The Labute approximate surface area is 145 Å². The van der Waals surface area contributed by atoms with Gasteiger partial charge in [-0.15, -0.1) is 5.10 Å². The van der Waals surface area contributed by atoms with Gasteiger partial charge in [0.2, 0.25) is 0 Å². The fourth-order valence-corrected chi connectivity index (χ4v) is 2.53. The second kappa shape index (κ2) is 6.35. The average molecular weight is 363 g/mol. The molecular formula is C15H8Cl2N4O3. The first-order chi connectivity index (χ1) is 11.5. The van der Waals surface area contributed by atoms with E-state index in [-0.39, 0.29) is 17.3 Å². The molecule has 0 amide bonds. The lowest BCUT2D eigenvalue weighted by Crippen LogP contribution is -2.09. The molecule has 1 aromatic heterocycles. The third-order valence-corrected chi connectivity index (χ3v) is 3.60. The van der Waals surface area contributed by atoms with E-state index in [9.17, 15) is 4.79 Å². The number of carboxylic acids is 1. The molecular weight excluding hydrogens is 355 g/mol. The monoisotopic (exact) mass is 362 g/mol. The number of benzene rings is 2. The van der Waals surface area contributed by atoms with Gasteiger partial charge >= 0.3 is 5.97 Å². The number of rotatable bonds is 4. The predicted molar refractivity (Wildman–Crippen MR) is 88.0 cm³/mol. The van der Waals surface area contributed by atoms with E-state index in [0.29, 0.717) is 27.5 Å². The smallest absolute Gasteiger partial charge is 0.325 e. The molecule has 0 bridgehead atoms. The van der Waals surface area contributed by atoms with Crippen LogP contribution in [0.15, 0.2) is 30.3 Å². The number of ether oxygens (including phenoxy) is 1. The molecule has 0 unspecified atom stereocenters. The predicted octanol–water partition coefficient (Wildman–Crippen LogP) is 4.17. The van der Waals surface area contributed by atoms with Crippen molar-refractivity contribution < 1.29 is 14.6 Å². The summed E-state index contributed by atoms with van der Waals surface area (Å²) in [6.07, 6.45) is 0. The van der Waals surface area contributed by atoms with Crippen molar-refractivity contribution in [3.05, 3.63) is 51.8 Å². The van der Waals surface area contributed by atoms with Gasteiger partial charge < -0.3 is 9.84 Å². The quantitative estimate of drug-likeness (QED) is 0.704. The maximum absolute atomic E-state index is 10.9. The largest absolute Gasteiger partial charge is 0.480 e. The van der Waals surface area contributed by atoms with Crippen molar-refractivity contribution in [2.45, 2.75) is 6.54 Å². The summed E-state index contributed by atoms with van der Waals surface area (Å²) < 4.78 is 6.97. The van der Waals surface area contributed by atoms with Crippen molar-refractivity contribution in [1.29, 1.82) is 0 Å². The Morgan fingerprint density at radius 2 is 2.12 bits per heavy atom. The van der Waals surface area contributed by atoms with Gasteiger partial charge in [0, 0.05) is 5.02 Å². The Balaban J connectivity index is 2.08. The maximum Gasteiger partial charge on any atom is 0.325 e. The van der Waals surface area contributed by atoms with Gasteiger partial charge in [-0.25, -0.2) is 9.53 Å². The highest BCUT2D eigenvalue weighted by atomic mass is 35.5. The second-order valence-electron chi connectivity index (χ2n) is 4.74.